The minimum Gasteiger partial charge on any atom is -0.340 e. The van der Waals surface area contributed by atoms with E-state index in [1.54, 1.807) is 23.1 Å². The molecule has 7 nitrogen and oxygen atoms in total. The molecule has 148 valence electrons. The third-order valence-corrected chi connectivity index (χ3v) is 4.24. The van der Waals surface area contributed by atoms with E-state index in [9.17, 15) is 9.59 Å². The number of aromatic nitrogens is 2. The minimum absolute atomic E-state index is 0.126. The molecular formula is C22H23N5O2. The topological polar surface area (TPSA) is 87.2 Å². The molecule has 3 rings (SSSR count). The summed E-state index contributed by atoms with van der Waals surface area (Å²) in [6.45, 7) is 5.91. The van der Waals surface area contributed by atoms with Crippen molar-refractivity contribution in [3.8, 4) is 0 Å². The summed E-state index contributed by atoms with van der Waals surface area (Å²) in [6.07, 6.45) is 1.37. The quantitative estimate of drug-likeness (QED) is 0.661. The van der Waals surface area contributed by atoms with Crippen molar-refractivity contribution in [1.29, 1.82) is 0 Å². The number of benzene rings is 2. The van der Waals surface area contributed by atoms with Crippen molar-refractivity contribution >= 4 is 34.7 Å². The Morgan fingerprint density at radius 3 is 2.38 bits per heavy atom. The molecule has 7 heteroatoms. The maximum atomic E-state index is 13.0. The predicted octanol–water partition coefficient (Wildman–Crippen LogP) is 4.15. The van der Waals surface area contributed by atoms with Crippen LogP contribution in [0.2, 0.25) is 0 Å². The van der Waals surface area contributed by atoms with Crippen LogP contribution in [-0.4, -0.2) is 28.3 Å². The lowest BCUT2D eigenvalue weighted by Crippen LogP contribution is -2.31. The molecule has 29 heavy (non-hydrogen) atoms. The van der Waals surface area contributed by atoms with Crippen molar-refractivity contribution in [2.75, 3.05) is 22.1 Å². The maximum Gasteiger partial charge on any atom is 0.277 e. The molecule has 0 aliphatic heterocycles. The average molecular weight is 389 g/mol. The lowest BCUT2D eigenvalue weighted by molar-refractivity contribution is -0.114. The Balaban J connectivity index is 1.77. The first-order valence-electron chi connectivity index (χ1n) is 9.31. The van der Waals surface area contributed by atoms with Crippen LogP contribution in [0.3, 0.4) is 0 Å². The Hall–Kier alpha value is -3.74. The van der Waals surface area contributed by atoms with Gasteiger partial charge in [-0.1, -0.05) is 12.1 Å². The Bertz CT molecular complexity index is 1020. The van der Waals surface area contributed by atoms with E-state index in [2.05, 4.69) is 20.6 Å². The van der Waals surface area contributed by atoms with Gasteiger partial charge < -0.3 is 15.5 Å². The van der Waals surface area contributed by atoms with Gasteiger partial charge in [0.1, 0.15) is 17.8 Å². The third-order valence-electron chi connectivity index (χ3n) is 4.24. The molecule has 2 aromatic carbocycles. The third kappa shape index (κ3) is 5.16. The molecule has 0 aliphatic rings. The van der Waals surface area contributed by atoms with Crippen molar-refractivity contribution in [1.82, 2.24) is 9.97 Å². The van der Waals surface area contributed by atoms with Gasteiger partial charge in [0.2, 0.25) is 5.91 Å². The zero-order valence-electron chi connectivity index (χ0n) is 16.6. The van der Waals surface area contributed by atoms with E-state index in [1.807, 2.05) is 50.2 Å². The molecule has 1 aromatic heterocycles. The van der Waals surface area contributed by atoms with Crippen LogP contribution in [0, 0.1) is 6.92 Å². The molecular weight excluding hydrogens is 366 g/mol. The number of rotatable bonds is 6. The smallest absolute Gasteiger partial charge is 0.277 e. The van der Waals surface area contributed by atoms with Gasteiger partial charge >= 0.3 is 0 Å². The SMILES string of the molecule is CCN(C(=O)c1cc(Nc2ccc(NC(C)=O)cc2)ncn1)c1cccc(C)c1. The summed E-state index contributed by atoms with van der Waals surface area (Å²) >= 11 is 0. The number of hydrogen-bond acceptors (Lipinski definition) is 5. The number of amides is 2. The highest BCUT2D eigenvalue weighted by Gasteiger charge is 2.18. The van der Waals surface area contributed by atoms with Gasteiger partial charge in [-0.2, -0.15) is 0 Å². The van der Waals surface area contributed by atoms with E-state index in [0.29, 0.717) is 23.7 Å². The molecule has 0 saturated heterocycles. The number of hydrogen-bond donors (Lipinski definition) is 2. The Labute approximate surface area is 169 Å². The molecule has 0 aliphatic carbocycles. The van der Waals surface area contributed by atoms with Crippen LogP contribution in [-0.2, 0) is 4.79 Å². The molecule has 0 spiro atoms. The van der Waals surface area contributed by atoms with E-state index in [1.165, 1.54) is 13.3 Å². The summed E-state index contributed by atoms with van der Waals surface area (Å²) in [7, 11) is 0. The first-order chi connectivity index (χ1) is 14.0. The summed E-state index contributed by atoms with van der Waals surface area (Å²) in [6, 6.07) is 16.6. The van der Waals surface area contributed by atoms with E-state index < -0.39 is 0 Å². The first kappa shape index (κ1) is 20.0. The molecule has 0 bridgehead atoms. The fourth-order valence-electron chi connectivity index (χ4n) is 2.91. The van der Waals surface area contributed by atoms with Crippen LogP contribution in [0.4, 0.5) is 22.9 Å². The first-order valence-corrected chi connectivity index (χ1v) is 9.31. The van der Waals surface area contributed by atoms with Crippen molar-refractivity contribution in [3.05, 3.63) is 72.2 Å². The summed E-state index contributed by atoms with van der Waals surface area (Å²) < 4.78 is 0. The summed E-state index contributed by atoms with van der Waals surface area (Å²) in [4.78, 5) is 34.2. The molecule has 1 heterocycles. The second-order valence-electron chi connectivity index (χ2n) is 6.56. The largest absolute Gasteiger partial charge is 0.340 e. The van der Waals surface area contributed by atoms with Crippen molar-refractivity contribution in [2.45, 2.75) is 20.8 Å². The zero-order chi connectivity index (χ0) is 20.8. The van der Waals surface area contributed by atoms with E-state index in [0.717, 1.165) is 16.9 Å². The number of nitrogens with zero attached hydrogens (tertiary/aromatic N) is 3. The van der Waals surface area contributed by atoms with Crippen molar-refractivity contribution in [2.24, 2.45) is 0 Å². The molecule has 0 radical (unpaired) electrons. The Morgan fingerprint density at radius 2 is 1.72 bits per heavy atom. The highest BCUT2D eigenvalue weighted by molar-refractivity contribution is 6.05. The molecule has 0 fully saturated rings. The van der Waals surface area contributed by atoms with Crippen molar-refractivity contribution in [3.63, 3.8) is 0 Å². The van der Waals surface area contributed by atoms with Crippen LogP contribution in [0.1, 0.15) is 29.9 Å². The predicted molar refractivity (Wildman–Crippen MR) is 115 cm³/mol. The molecule has 0 saturated carbocycles. The lowest BCUT2D eigenvalue weighted by Gasteiger charge is -2.21. The lowest BCUT2D eigenvalue weighted by atomic mass is 10.2. The van der Waals surface area contributed by atoms with E-state index in [4.69, 9.17) is 0 Å². The fraction of sp³-hybridized carbons (Fsp3) is 0.182. The Kier molecular flexibility index (Phi) is 6.19. The number of carbonyl (C=O) groups excluding carboxylic acids is 2. The minimum atomic E-state index is -0.190. The van der Waals surface area contributed by atoms with E-state index in [-0.39, 0.29) is 11.8 Å². The molecule has 2 N–H and O–H groups in total. The van der Waals surface area contributed by atoms with Crippen LogP contribution in [0.25, 0.3) is 0 Å². The van der Waals surface area contributed by atoms with Crippen molar-refractivity contribution < 1.29 is 9.59 Å². The number of carbonyl (C=O) groups is 2. The monoisotopic (exact) mass is 389 g/mol. The van der Waals surface area contributed by atoms with Crippen LogP contribution in [0.15, 0.2) is 60.9 Å². The summed E-state index contributed by atoms with van der Waals surface area (Å²) in [5, 5.41) is 5.87. The van der Waals surface area contributed by atoms with Gasteiger partial charge in [-0.05, 0) is 55.8 Å². The fourth-order valence-corrected chi connectivity index (χ4v) is 2.91. The number of nitrogens with one attached hydrogen (secondary N) is 2. The normalized spacial score (nSPS) is 10.3. The molecule has 2 amide bonds. The Morgan fingerprint density at radius 1 is 1.00 bits per heavy atom. The average Bonchev–Trinajstić information content (AvgIpc) is 2.70. The highest BCUT2D eigenvalue weighted by Crippen LogP contribution is 2.21. The second kappa shape index (κ2) is 8.97. The zero-order valence-corrected chi connectivity index (χ0v) is 16.6. The summed E-state index contributed by atoms with van der Waals surface area (Å²) in [5.41, 5.74) is 3.71. The molecule has 0 atom stereocenters. The standard InChI is InChI=1S/C22H23N5O2/c1-4-27(19-7-5-6-15(2)12-19)22(29)20-13-21(24-14-23-20)26-18-10-8-17(9-11-18)25-16(3)28/h5-14H,4H2,1-3H3,(H,25,28)(H,23,24,26). The van der Waals surface area contributed by atoms with Gasteiger partial charge in [0.05, 0.1) is 0 Å². The van der Waals surface area contributed by atoms with Gasteiger partial charge in [0.15, 0.2) is 0 Å². The molecule has 3 aromatic rings. The maximum absolute atomic E-state index is 13.0. The van der Waals surface area contributed by atoms with Gasteiger partial charge in [0.25, 0.3) is 5.91 Å². The second-order valence-corrected chi connectivity index (χ2v) is 6.56. The van der Waals surface area contributed by atoms with Gasteiger partial charge in [-0.3, -0.25) is 9.59 Å². The number of aryl methyl sites for hydroxylation is 1. The molecule has 0 unspecified atom stereocenters. The van der Waals surface area contributed by atoms with Crippen LogP contribution in [0.5, 0.6) is 0 Å². The van der Waals surface area contributed by atoms with Gasteiger partial charge in [-0.25, -0.2) is 9.97 Å². The summed E-state index contributed by atoms with van der Waals surface area (Å²) in [5.74, 6) is 0.194. The van der Waals surface area contributed by atoms with Crippen LogP contribution < -0.4 is 15.5 Å². The van der Waals surface area contributed by atoms with Crippen LogP contribution >= 0.6 is 0 Å². The number of anilines is 4. The van der Waals surface area contributed by atoms with Gasteiger partial charge in [0, 0.05) is 36.6 Å². The van der Waals surface area contributed by atoms with Gasteiger partial charge in [-0.15, -0.1) is 0 Å². The van der Waals surface area contributed by atoms with E-state index >= 15 is 0 Å². The highest BCUT2D eigenvalue weighted by atomic mass is 16.2.